The van der Waals surface area contributed by atoms with Gasteiger partial charge in [-0.2, -0.15) is 0 Å². The molecule has 342 valence electrons. The average Bonchev–Trinajstić information content (AvgIpc) is 3.97. The molecule has 2 bridgehead atoms. The van der Waals surface area contributed by atoms with Crippen molar-refractivity contribution >= 4 is 46.0 Å². The maximum absolute atomic E-state index is 15.5. The number of carbonyl (C=O) groups excluding carboxylic acids is 3. The molecule has 9 atom stereocenters. The molecular formula is C52H60ClN5O7. The van der Waals surface area contributed by atoms with Gasteiger partial charge >= 0.3 is 11.9 Å². The number of ether oxygens (including phenoxy) is 3. The lowest BCUT2D eigenvalue weighted by Crippen LogP contribution is -2.81. The SMILES string of the molecule is CCC1=C[C@@H]2CN(CCc3c([nH]c4ccccc34)[C@@](C(=O)OC)(c3cc4c(cc3OC)N(C)[C@H]3C(O)(CNC(=O)c5ccc(Cl)cc5)[C@H](OC(C)=O)[C@]5(CC)C=CCN6CC[C@]43C65)C2)C1. The monoisotopic (exact) mass is 901 g/mol. The smallest absolute Gasteiger partial charge is 0.322 e. The van der Waals surface area contributed by atoms with E-state index in [1.165, 1.54) is 19.6 Å². The summed E-state index contributed by atoms with van der Waals surface area (Å²) in [7, 11) is 5.11. The highest BCUT2D eigenvalue weighted by Gasteiger charge is 2.78. The highest BCUT2D eigenvalue weighted by atomic mass is 35.5. The molecule has 1 spiro atoms. The van der Waals surface area contributed by atoms with Crippen LogP contribution in [0.4, 0.5) is 5.69 Å². The fraction of sp³-hybridized carbons (Fsp3) is 0.481. The molecule has 3 aromatic carbocycles. The number of nitrogens with one attached hydrogen (secondary N) is 2. The van der Waals surface area contributed by atoms with E-state index in [9.17, 15) is 14.7 Å². The van der Waals surface area contributed by atoms with Gasteiger partial charge in [0.05, 0.1) is 26.8 Å². The molecule has 12 nitrogen and oxygen atoms in total. The first-order valence-corrected chi connectivity index (χ1v) is 23.6. The number of carbonyl (C=O) groups is 3. The van der Waals surface area contributed by atoms with E-state index in [-0.39, 0.29) is 30.4 Å². The molecule has 10 rings (SSSR count). The molecular weight excluding hydrogens is 842 g/mol. The number of fused-ring (bicyclic) bond motifs is 6. The Balaban J connectivity index is 1.23. The van der Waals surface area contributed by atoms with Gasteiger partial charge in [0, 0.05) is 102 Å². The summed E-state index contributed by atoms with van der Waals surface area (Å²) < 4.78 is 18.9. The second-order valence-corrected chi connectivity index (χ2v) is 19.8. The number of amides is 1. The van der Waals surface area contributed by atoms with Crippen molar-refractivity contribution in [2.45, 2.75) is 87.5 Å². The molecule has 1 amide bonds. The fourth-order valence-corrected chi connectivity index (χ4v) is 14.1. The van der Waals surface area contributed by atoms with E-state index in [1.807, 2.05) is 19.2 Å². The van der Waals surface area contributed by atoms with Crippen molar-refractivity contribution in [2.75, 3.05) is 65.4 Å². The van der Waals surface area contributed by atoms with E-state index in [0.717, 1.165) is 72.4 Å². The lowest BCUT2D eigenvalue weighted by molar-refractivity contribution is -0.216. The van der Waals surface area contributed by atoms with Gasteiger partial charge in [-0.1, -0.05) is 67.4 Å². The maximum Gasteiger partial charge on any atom is 0.322 e. The van der Waals surface area contributed by atoms with Gasteiger partial charge in [0.15, 0.2) is 0 Å². The van der Waals surface area contributed by atoms with Gasteiger partial charge in [-0.25, -0.2) is 0 Å². The Hall–Kier alpha value is -5.14. The van der Waals surface area contributed by atoms with E-state index in [4.69, 9.17) is 25.8 Å². The molecule has 5 aliphatic heterocycles. The lowest BCUT2D eigenvalue weighted by Gasteiger charge is -2.64. The molecule has 3 N–H and O–H groups in total. The summed E-state index contributed by atoms with van der Waals surface area (Å²) in [6.07, 6.45) is 8.95. The highest BCUT2D eigenvalue weighted by molar-refractivity contribution is 6.30. The quantitative estimate of drug-likeness (QED) is 0.123. The van der Waals surface area contributed by atoms with Crippen LogP contribution in [0.5, 0.6) is 5.75 Å². The number of aliphatic hydroxyl groups is 1. The number of esters is 2. The number of hydrogen-bond donors (Lipinski definition) is 3. The topological polar surface area (TPSA) is 137 Å². The van der Waals surface area contributed by atoms with Crippen molar-refractivity contribution in [3.8, 4) is 5.75 Å². The highest BCUT2D eigenvalue weighted by Crippen LogP contribution is 2.68. The summed E-state index contributed by atoms with van der Waals surface area (Å²) in [5.74, 6) is -0.717. The van der Waals surface area contributed by atoms with Crippen molar-refractivity contribution in [2.24, 2.45) is 11.3 Å². The van der Waals surface area contributed by atoms with Crippen LogP contribution in [-0.4, -0.2) is 122 Å². The minimum Gasteiger partial charge on any atom is -0.496 e. The van der Waals surface area contributed by atoms with Crippen LogP contribution < -0.4 is 15.0 Å². The number of aromatic nitrogens is 1. The summed E-state index contributed by atoms with van der Waals surface area (Å²) in [4.78, 5) is 53.7. The predicted octanol–water partition coefficient (Wildman–Crippen LogP) is 6.71. The number of halogens is 1. The number of H-pyrrole nitrogens is 1. The number of benzene rings is 3. The van der Waals surface area contributed by atoms with Crippen molar-refractivity contribution in [1.82, 2.24) is 20.1 Å². The first kappa shape index (κ1) is 43.7. The van der Waals surface area contributed by atoms with Crippen LogP contribution in [0.25, 0.3) is 10.9 Å². The van der Waals surface area contributed by atoms with Gasteiger partial charge in [-0.05, 0) is 92.1 Å². The van der Waals surface area contributed by atoms with Crippen LogP contribution >= 0.6 is 11.6 Å². The number of rotatable bonds is 9. The first-order chi connectivity index (χ1) is 31.3. The fourth-order valence-electron chi connectivity index (χ4n) is 13.9. The minimum absolute atomic E-state index is 0.0217. The Morgan fingerprint density at radius 3 is 2.52 bits per heavy atom. The first-order valence-electron chi connectivity index (χ1n) is 23.2. The number of aromatic amines is 1. The average molecular weight is 903 g/mol. The molecule has 65 heavy (non-hydrogen) atoms. The number of anilines is 1. The molecule has 2 fully saturated rings. The summed E-state index contributed by atoms with van der Waals surface area (Å²) >= 11 is 6.20. The lowest BCUT2D eigenvalue weighted by atomic mass is 9.47. The summed E-state index contributed by atoms with van der Waals surface area (Å²) in [5, 5.41) is 18.6. The Labute approximate surface area is 385 Å². The molecule has 4 aromatic rings. The van der Waals surface area contributed by atoms with Crippen LogP contribution in [0.3, 0.4) is 0 Å². The van der Waals surface area contributed by atoms with Crippen LogP contribution in [0.15, 0.2) is 84.5 Å². The van der Waals surface area contributed by atoms with Crippen molar-refractivity contribution < 1.29 is 33.7 Å². The molecule has 1 saturated carbocycles. The van der Waals surface area contributed by atoms with Gasteiger partial charge in [0.2, 0.25) is 0 Å². The summed E-state index contributed by atoms with van der Waals surface area (Å²) in [6, 6.07) is 18.2. The molecule has 3 unspecified atom stereocenters. The maximum atomic E-state index is 15.5. The summed E-state index contributed by atoms with van der Waals surface area (Å²) in [5.41, 5.74) is 2.35. The molecule has 1 aliphatic carbocycles. The predicted molar refractivity (Wildman–Crippen MR) is 251 cm³/mol. The van der Waals surface area contributed by atoms with E-state index in [1.54, 1.807) is 31.4 Å². The zero-order valence-electron chi connectivity index (χ0n) is 38.2. The van der Waals surface area contributed by atoms with Crippen molar-refractivity contribution in [1.29, 1.82) is 0 Å². The van der Waals surface area contributed by atoms with Crippen molar-refractivity contribution in [3.05, 3.63) is 117 Å². The Morgan fingerprint density at radius 1 is 1.02 bits per heavy atom. The van der Waals surface area contributed by atoms with Crippen LogP contribution in [0, 0.1) is 11.3 Å². The van der Waals surface area contributed by atoms with Crippen molar-refractivity contribution in [3.63, 3.8) is 0 Å². The number of hydrogen-bond acceptors (Lipinski definition) is 10. The zero-order chi connectivity index (χ0) is 45.6. The molecule has 0 radical (unpaired) electrons. The summed E-state index contributed by atoms with van der Waals surface area (Å²) in [6.45, 7) is 9.43. The second kappa shape index (κ2) is 16.0. The molecule has 6 aliphatic rings. The number of para-hydroxylation sites is 1. The zero-order valence-corrected chi connectivity index (χ0v) is 39.0. The van der Waals surface area contributed by atoms with E-state index in [0.29, 0.717) is 47.7 Å². The minimum atomic E-state index is -1.82. The van der Waals surface area contributed by atoms with Gasteiger partial charge in [-0.3, -0.25) is 24.2 Å². The van der Waals surface area contributed by atoms with Gasteiger partial charge in [-0.15, -0.1) is 0 Å². The Kier molecular flexibility index (Phi) is 10.8. The Bertz CT molecular complexity index is 2640. The molecule has 13 heteroatoms. The van der Waals surface area contributed by atoms with E-state index >= 15 is 4.79 Å². The van der Waals surface area contributed by atoms with Crippen LogP contribution in [0.1, 0.15) is 79.2 Å². The second-order valence-electron chi connectivity index (χ2n) is 19.4. The number of methoxy groups -OCH3 is 2. The van der Waals surface area contributed by atoms with Crippen LogP contribution in [-0.2, 0) is 36.3 Å². The van der Waals surface area contributed by atoms with Gasteiger partial charge in [0.25, 0.3) is 5.91 Å². The van der Waals surface area contributed by atoms with Gasteiger partial charge in [0.1, 0.15) is 22.9 Å². The van der Waals surface area contributed by atoms with Gasteiger partial charge < -0.3 is 34.5 Å². The largest absolute Gasteiger partial charge is 0.496 e. The number of nitrogens with zero attached hydrogens (tertiary/aromatic N) is 3. The molecule has 6 heterocycles. The third-order valence-corrected chi connectivity index (χ3v) is 16.5. The third-order valence-electron chi connectivity index (χ3n) is 16.3. The third kappa shape index (κ3) is 6.30. The van der Waals surface area contributed by atoms with E-state index < -0.39 is 40.0 Å². The molecule has 1 saturated heterocycles. The normalized spacial score (nSPS) is 32.2. The standard InChI is InChI=1S/C52H60ClN5O7/c1-7-32-24-33-27-51(48(61)64-6,43-37(18-22-57(28-32)29-33)36-12-9-10-13-40(36)55-43)39-25-38-41(26-42(39)63-5)56(4)46-50(38)20-23-58-21-11-19-49(8-2,45(50)58)47(65-31(3)59)52(46,62)30-54-44(60)34-14-16-35(53)17-15-34/h9-17,19,24-26,33,45-47,55,62H,7-8,18,20-23,27-30H2,1-6H3,(H,54,60)/t33-,45?,46+,47+,49+,50+,51-,52?/m0/s1. The number of likely N-dealkylation sites (N-methyl/N-ethyl adjacent to an activating group) is 1. The van der Waals surface area contributed by atoms with E-state index in [2.05, 4.69) is 81.3 Å². The molecule has 1 aromatic heterocycles. The Morgan fingerprint density at radius 2 is 1.80 bits per heavy atom. The van der Waals surface area contributed by atoms with Crippen LogP contribution in [0.2, 0.25) is 5.02 Å².